The summed E-state index contributed by atoms with van der Waals surface area (Å²) < 4.78 is 19.6. The van der Waals surface area contributed by atoms with E-state index in [4.69, 9.17) is 4.74 Å². The lowest BCUT2D eigenvalue weighted by Crippen LogP contribution is -2.38. The van der Waals surface area contributed by atoms with Crippen molar-refractivity contribution >= 4 is 5.91 Å². The Bertz CT molecular complexity index is 501. The topological polar surface area (TPSA) is 41.6 Å². The Kier molecular flexibility index (Phi) is 5.17. The maximum absolute atomic E-state index is 14.1. The zero-order chi connectivity index (χ0) is 15.4. The fourth-order valence-corrected chi connectivity index (χ4v) is 2.48. The normalized spacial score (nSPS) is 17.6. The van der Waals surface area contributed by atoms with Crippen LogP contribution in [0.25, 0.3) is 0 Å². The first-order chi connectivity index (χ1) is 10.0. The van der Waals surface area contributed by atoms with Gasteiger partial charge in [-0.25, -0.2) is 4.39 Å². The predicted octanol–water partition coefficient (Wildman–Crippen LogP) is 2.50. The van der Waals surface area contributed by atoms with Gasteiger partial charge in [0.15, 0.2) is 17.7 Å². The third-order valence-electron chi connectivity index (χ3n) is 3.96. The number of nitrogens with zero attached hydrogens (tertiary/aromatic N) is 1. The van der Waals surface area contributed by atoms with Crippen LogP contribution in [0.2, 0.25) is 0 Å². The molecular weight excluding hydrogens is 271 g/mol. The molecule has 0 bridgehead atoms. The van der Waals surface area contributed by atoms with Crippen LogP contribution in [0.4, 0.5) is 4.39 Å². The quantitative estimate of drug-likeness (QED) is 0.907. The molecule has 1 N–H and O–H groups in total. The molecule has 1 aliphatic heterocycles. The maximum atomic E-state index is 14.1. The van der Waals surface area contributed by atoms with Gasteiger partial charge in [-0.1, -0.05) is 6.07 Å². The number of carbonyl (C=O) groups excluding carboxylic acids is 1. The molecule has 1 heterocycles. The number of hydrogen-bond donors (Lipinski definition) is 1. The fraction of sp³-hybridized carbons (Fsp3) is 0.562. The van der Waals surface area contributed by atoms with Gasteiger partial charge in [0.2, 0.25) is 0 Å². The van der Waals surface area contributed by atoms with E-state index in [0.29, 0.717) is 0 Å². The second-order valence-corrected chi connectivity index (χ2v) is 5.49. The molecule has 1 aromatic carbocycles. The molecule has 5 heteroatoms. The molecule has 4 nitrogen and oxygen atoms in total. The van der Waals surface area contributed by atoms with Gasteiger partial charge in [0.25, 0.3) is 5.91 Å². The third-order valence-corrected chi connectivity index (χ3v) is 3.96. The highest BCUT2D eigenvalue weighted by Crippen LogP contribution is 2.23. The van der Waals surface area contributed by atoms with Crippen LogP contribution in [0.5, 0.6) is 5.75 Å². The van der Waals surface area contributed by atoms with Gasteiger partial charge in [0.1, 0.15) is 0 Å². The van der Waals surface area contributed by atoms with Gasteiger partial charge in [-0.05, 0) is 51.4 Å². The van der Waals surface area contributed by atoms with Gasteiger partial charge >= 0.3 is 0 Å². The number of hydrogen-bond acceptors (Lipinski definition) is 3. The van der Waals surface area contributed by atoms with Gasteiger partial charge < -0.3 is 15.0 Å². The average Bonchev–Trinajstić information content (AvgIpc) is 3.01. The van der Waals surface area contributed by atoms with E-state index in [9.17, 15) is 9.18 Å². The Hall–Kier alpha value is -1.62. The Morgan fingerprint density at radius 3 is 2.57 bits per heavy atom. The zero-order valence-corrected chi connectivity index (χ0v) is 12.9. The smallest absolute Gasteiger partial charge is 0.263 e. The summed E-state index contributed by atoms with van der Waals surface area (Å²) in [4.78, 5) is 13.9. The van der Waals surface area contributed by atoms with Crippen molar-refractivity contribution in [1.29, 1.82) is 0 Å². The Labute approximate surface area is 125 Å². The SMILES string of the molecule is CNC(C)c1ccc(OC(C)C(=O)N2CCCC2)c(F)c1. The molecule has 0 radical (unpaired) electrons. The van der Waals surface area contributed by atoms with Crippen molar-refractivity contribution in [3.63, 3.8) is 0 Å². The highest BCUT2D eigenvalue weighted by atomic mass is 19.1. The van der Waals surface area contributed by atoms with E-state index in [0.717, 1.165) is 31.5 Å². The summed E-state index contributed by atoms with van der Waals surface area (Å²) in [6.07, 6.45) is 1.40. The van der Waals surface area contributed by atoms with Gasteiger partial charge in [0, 0.05) is 19.1 Å². The van der Waals surface area contributed by atoms with Crippen LogP contribution in [-0.4, -0.2) is 37.0 Å². The summed E-state index contributed by atoms with van der Waals surface area (Å²) in [7, 11) is 1.82. The van der Waals surface area contributed by atoms with E-state index in [-0.39, 0.29) is 17.7 Å². The molecule has 0 spiro atoms. The minimum absolute atomic E-state index is 0.0669. The monoisotopic (exact) mass is 294 g/mol. The number of halogens is 1. The molecule has 1 aliphatic rings. The van der Waals surface area contributed by atoms with Crippen molar-refractivity contribution in [2.45, 2.75) is 38.8 Å². The van der Waals surface area contributed by atoms with E-state index in [1.54, 1.807) is 17.9 Å². The standard InChI is InChI=1S/C16H23FN2O2/c1-11(18-3)13-6-7-15(14(17)10-13)21-12(2)16(20)19-8-4-5-9-19/h6-7,10-12,18H,4-5,8-9H2,1-3H3. The summed E-state index contributed by atoms with van der Waals surface area (Å²) in [5, 5.41) is 3.06. The minimum Gasteiger partial charge on any atom is -0.478 e. The third kappa shape index (κ3) is 3.73. The molecule has 1 amide bonds. The maximum Gasteiger partial charge on any atom is 0.263 e. The highest BCUT2D eigenvalue weighted by Gasteiger charge is 2.25. The van der Waals surface area contributed by atoms with Crippen molar-refractivity contribution in [2.75, 3.05) is 20.1 Å². The van der Waals surface area contributed by atoms with Crippen LogP contribution in [0.1, 0.15) is 38.3 Å². The highest BCUT2D eigenvalue weighted by molar-refractivity contribution is 5.81. The lowest BCUT2D eigenvalue weighted by atomic mass is 10.1. The average molecular weight is 294 g/mol. The van der Waals surface area contributed by atoms with Gasteiger partial charge in [0.05, 0.1) is 0 Å². The first-order valence-corrected chi connectivity index (χ1v) is 7.45. The van der Waals surface area contributed by atoms with E-state index in [1.165, 1.54) is 6.07 Å². The largest absolute Gasteiger partial charge is 0.478 e. The van der Waals surface area contributed by atoms with Crippen molar-refractivity contribution in [3.05, 3.63) is 29.6 Å². The van der Waals surface area contributed by atoms with Crippen LogP contribution >= 0.6 is 0 Å². The lowest BCUT2D eigenvalue weighted by molar-refractivity contribution is -0.136. The van der Waals surface area contributed by atoms with E-state index in [2.05, 4.69) is 5.32 Å². The zero-order valence-electron chi connectivity index (χ0n) is 12.9. The minimum atomic E-state index is -0.662. The van der Waals surface area contributed by atoms with Gasteiger partial charge in [-0.3, -0.25) is 4.79 Å². The summed E-state index contributed by atoms with van der Waals surface area (Å²) in [5.74, 6) is -0.377. The Balaban J connectivity index is 2.03. The predicted molar refractivity (Wildman–Crippen MR) is 79.8 cm³/mol. The van der Waals surface area contributed by atoms with Crippen molar-refractivity contribution in [3.8, 4) is 5.75 Å². The van der Waals surface area contributed by atoms with Crippen LogP contribution in [0.15, 0.2) is 18.2 Å². The number of likely N-dealkylation sites (tertiary alicyclic amines) is 1. The van der Waals surface area contributed by atoms with E-state index < -0.39 is 11.9 Å². The molecule has 0 aliphatic carbocycles. The lowest BCUT2D eigenvalue weighted by Gasteiger charge is -2.21. The number of benzene rings is 1. The molecular formula is C16H23FN2O2. The summed E-state index contributed by atoms with van der Waals surface area (Å²) >= 11 is 0. The fourth-order valence-electron chi connectivity index (χ4n) is 2.48. The number of amides is 1. The van der Waals surface area contributed by atoms with Crippen LogP contribution in [0.3, 0.4) is 0 Å². The second-order valence-electron chi connectivity index (χ2n) is 5.49. The molecule has 2 rings (SSSR count). The first kappa shape index (κ1) is 15.8. The van der Waals surface area contributed by atoms with Crippen molar-refractivity contribution in [2.24, 2.45) is 0 Å². The summed E-state index contributed by atoms with van der Waals surface area (Å²) in [6.45, 7) is 5.17. The van der Waals surface area contributed by atoms with E-state index >= 15 is 0 Å². The van der Waals surface area contributed by atoms with Crippen LogP contribution in [0, 0.1) is 5.82 Å². The number of nitrogens with one attached hydrogen (secondary N) is 1. The van der Waals surface area contributed by atoms with Crippen LogP contribution in [-0.2, 0) is 4.79 Å². The van der Waals surface area contributed by atoms with Crippen LogP contribution < -0.4 is 10.1 Å². The molecule has 21 heavy (non-hydrogen) atoms. The second kappa shape index (κ2) is 6.89. The Morgan fingerprint density at radius 2 is 2.00 bits per heavy atom. The molecule has 1 aromatic rings. The summed E-state index contributed by atoms with van der Waals surface area (Å²) in [6, 6.07) is 4.92. The molecule has 1 fully saturated rings. The molecule has 116 valence electrons. The molecule has 0 saturated carbocycles. The molecule has 2 unspecified atom stereocenters. The summed E-state index contributed by atoms with van der Waals surface area (Å²) in [5.41, 5.74) is 0.848. The van der Waals surface area contributed by atoms with Crippen molar-refractivity contribution < 1.29 is 13.9 Å². The number of rotatable bonds is 5. The number of ether oxygens (including phenoxy) is 1. The first-order valence-electron chi connectivity index (χ1n) is 7.45. The van der Waals surface area contributed by atoms with Gasteiger partial charge in [-0.15, -0.1) is 0 Å². The molecule has 1 saturated heterocycles. The number of carbonyl (C=O) groups is 1. The Morgan fingerprint density at radius 1 is 1.33 bits per heavy atom. The van der Waals surface area contributed by atoms with E-state index in [1.807, 2.05) is 20.0 Å². The van der Waals surface area contributed by atoms with Gasteiger partial charge in [-0.2, -0.15) is 0 Å². The molecule has 2 atom stereocenters. The van der Waals surface area contributed by atoms with Crippen molar-refractivity contribution in [1.82, 2.24) is 10.2 Å². The molecule has 0 aromatic heterocycles.